The SMILES string of the molecule is CC[S@@](=O)c1ccccc1C(=O)O[C@@H](C)C(=O)Nc1ccc(F)c(F)c1F. The molecule has 1 amide bonds. The molecule has 27 heavy (non-hydrogen) atoms. The number of nitrogens with one attached hydrogen (secondary N) is 1. The molecule has 0 aliphatic heterocycles. The Hall–Kier alpha value is -2.68. The van der Waals surface area contributed by atoms with E-state index in [2.05, 4.69) is 0 Å². The van der Waals surface area contributed by atoms with Crippen LogP contribution in [0.3, 0.4) is 0 Å². The van der Waals surface area contributed by atoms with Crippen molar-refractivity contribution in [2.75, 3.05) is 11.1 Å². The number of anilines is 1. The van der Waals surface area contributed by atoms with Gasteiger partial charge in [0.25, 0.3) is 5.91 Å². The van der Waals surface area contributed by atoms with Gasteiger partial charge in [0.2, 0.25) is 0 Å². The van der Waals surface area contributed by atoms with Gasteiger partial charge in [0, 0.05) is 5.75 Å². The first-order valence-corrected chi connectivity index (χ1v) is 9.20. The Morgan fingerprint density at radius 3 is 2.44 bits per heavy atom. The van der Waals surface area contributed by atoms with E-state index in [0.29, 0.717) is 6.07 Å². The van der Waals surface area contributed by atoms with E-state index < -0.39 is 51.9 Å². The monoisotopic (exact) mass is 399 g/mol. The summed E-state index contributed by atoms with van der Waals surface area (Å²) in [4.78, 5) is 24.6. The molecule has 0 saturated carbocycles. The maximum atomic E-state index is 13.6. The number of amides is 1. The van der Waals surface area contributed by atoms with Crippen LogP contribution in [0, 0.1) is 17.5 Å². The fourth-order valence-corrected chi connectivity index (χ4v) is 3.06. The van der Waals surface area contributed by atoms with E-state index in [9.17, 15) is 27.0 Å². The zero-order valence-electron chi connectivity index (χ0n) is 14.4. The molecule has 0 heterocycles. The van der Waals surface area contributed by atoms with Crippen molar-refractivity contribution in [1.29, 1.82) is 0 Å². The minimum atomic E-state index is -1.73. The van der Waals surface area contributed by atoms with Crippen molar-refractivity contribution in [3.05, 3.63) is 59.4 Å². The lowest BCUT2D eigenvalue weighted by Gasteiger charge is -2.15. The highest BCUT2D eigenvalue weighted by Gasteiger charge is 2.24. The summed E-state index contributed by atoms with van der Waals surface area (Å²) in [5, 5.41) is 2.03. The molecule has 0 aromatic heterocycles. The molecule has 144 valence electrons. The van der Waals surface area contributed by atoms with Crippen LogP contribution in [0.25, 0.3) is 0 Å². The molecule has 2 aromatic rings. The number of esters is 1. The second-order valence-electron chi connectivity index (χ2n) is 5.39. The van der Waals surface area contributed by atoms with Crippen molar-refractivity contribution < 1.29 is 31.7 Å². The molecule has 0 aliphatic carbocycles. The molecule has 5 nitrogen and oxygen atoms in total. The van der Waals surface area contributed by atoms with Crippen LogP contribution in [-0.4, -0.2) is 27.9 Å². The maximum absolute atomic E-state index is 13.6. The van der Waals surface area contributed by atoms with Crippen LogP contribution in [0.5, 0.6) is 0 Å². The van der Waals surface area contributed by atoms with Crippen molar-refractivity contribution in [2.45, 2.75) is 24.8 Å². The van der Waals surface area contributed by atoms with Gasteiger partial charge in [0.05, 0.1) is 26.9 Å². The van der Waals surface area contributed by atoms with Crippen molar-refractivity contribution in [1.82, 2.24) is 0 Å². The van der Waals surface area contributed by atoms with Crippen LogP contribution in [0.4, 0.5) is 18.9 Å². The summed E-state index contributed by atoms with van der Waals surface area (Å²) in [6.07, 6.45) is -1.37. The number of hydrogen-bond acceptors (Lipinski definition) is 4. The first-order valence-electron chi connectivity index (χ1n) is 7.89. The van der Waals surface area contributed by atoms with Crippen molar-refractivity contribution in [3.63, 3.8) is 0 Å². The fourth-order valence-electron chi connectivity index (χ4n) is 2.12. The van der Waals surface area contributed by atoms with Crippen molar-refractivity contribution >= 4 is 28.4 Å². The molecule has 0 saturated heterocycles. The lowest BCUT2D eigenvalue weighted by Crippen LogP contribution is -2.30. The van der Waals surface area contributed by atoms with Gasteiger partial charge in [-0.05, 0) is 31.2 Å². The van der Waals surface area contributed by atoms with Crippen LogP contribution in [0.15, 0.2) is 41.3 Å². The van der Waals surface area contributed by atoms with E-state index in [0.717, 1.165) is 6.07 Å². The number of benzene rings is 2. The second-order valence-corrected chi connectivity index (χ2v) is 7.10. The summed E-state index contributed by atoms with van der Waals surface area (Å²) in [6, 6.07) is 7.58. The average Bonchev–Trinajstić information content (AvgIpc) is 2.67. The van der Waals surface area contributed by atoms with Gasteiger partial charge in [-0.2, -0.15) is 0 Å². The van der Waals surface area contributed by atoms with Crippen molar-refractivity contribution in [2.24, 2.45) is 0 Å². The number of carbonyl (C=O) groups is 2. The molecule has 2 rings (SSSR count). The summed E-state index contributed by atoms with van der Waals surface area (Å²) >= 11 is 0. The number of carbonyl (C=O) groups excluding carboxylic acids is 2. The number of hydrogen-bond donors (Lipinski definition) is 1. The van der Waals surface area contributed by atoms with E-state index in [1.165, 1.54) is 19.1 Å². The normalized spacial score (nSPS) is 12.9. The summed E-state index contributed by atoms with van der Waals surface area (Å²) < 4.78 is 56.8. The Morgan fingerprint density at radius 1 is 1.11 bits per heavy atom. The van der Waals surface area contributed by atoms with E-state index >= 15 is 0 Å². The second kappa shape index (κ2) is 8.81. The smallest absolute Gasteiger partial charge is 0.340 e. The Labute approximate surface area is 156 Å². The first-order chi connectivity index (χ1) is 12.8. The maximum Gasteiger partial charge on any atom is 0.340 e. The third-order valence-electron chi connectivity index (χ3n) is 3.56. The van der Waals surface area contributed by atoms with Crippen LogP contribution >= 0.6 is 0 Å². The van der Waals surface area contributed by atoms with Crippen LogP contribution < -0.4 is 5.32 Å². The van der Waals surface area contributed by atoms with E-state index in [1.54, 1.807) is 19.1 Å². The highest BCUT2D eigenvalue weighted by atomic mass is 32.2. The lowest BCUT2D eigenvalue weighted by atomic mass is 10.2. The van der Waals surface area contributed by atoms with Gasteiger partial charge in [-0.25, -0.2) is 18.0 Å². The molecule has 0 spiro atoms. The third kappa shape index (κ3) is 4.73. The standard InChI is InChI=1S/C18H16F3NO4S/c1-3-27(25)14-7-5-4-6-11(14)18(24)26-10(2)17(23)22-13-9-8-12(19)15(20)16(13)21/h4-10H,3H2,1-2H3,(H,22,23)/t10-,27+/m0/s1. The van der Waals surface area contributed by atoms with Gasteiger partial charge in [0.1, 0.15) is 0 Å². The molecule has 2 atom stereocenters. The predicted octanol–water partition coefficient (Wildman–Crippen LogP) is 3.42. The predicted molar refractivity (Wildman–Crippen MR) is 93.2 cm³/mol. The molecule has 2 aromatic carbocycles. The van der Waals surface area contributed by atoms with E-state index in [1.807, 2.05) is 5.32 Å². The summed E-state index contributed by atoms with van der Waals surface area (Å²) in [5.74, 6) is -6.23. The number of halogens is 3. The zero-order chi connectivity index (χ0) is 20.1. The number of rotatable bonds is 6. The van der Waals surface area contributed by atoms with E-state index in [-0.39, 0.29) is 16.2 Å². The molecule has 1 N–H and O–H groups in total. The third-order valence-corrected chi connectivity index (χ3v) is 4.93. The molecule has 0 bridgehead atoms. The first kappa shape index (κ1) is 20.6. The minimum absolute atomic E-state index is 0.0383. The van der Waals surface area contributed by atoms with Gasteiger partial charge in [-0.1, -0.05) is 19.1 Å². The fraction of sp³-hybridized carbons (Fsp3) is 0.222. The van der Waals surface area contributed by atoms with Crippen LogP contribution in [0.2, 0.25) is 0 Å². The Kier molecular flexibility index (Phi) is 6.73. The van der Waals surface area contributed by atoms with Crippen LogP contribution in [-0.2, 0) is 20.3 Å². The van der Waals surface area contributed by atoms with E-state index in [4.69, 9.17) is 4.74 Å². The highest BCUT2D eigenvalue weighted by molar-refractivity contribution is 7.85. The molecule has 0 aliphatic rings. The van der Waals surface area contributed by atoms with Crippen molar-refractivity contribution in [3.8, 4) is 0 Å². The van der Waals surface area contributed by atoms with Gasteiger partial charge >= 0.3 is 5.97 Å². The molecular formula is C18H16F3NO4S. The summed E-state index contributed by atoms with van der Waals surface area (Å²) in [5.41, 5.74) is -0.550. The Balaban J connectivity index is 2.12. The Morgan fingerprint density at radius 2 is 1.78 bits per heavy atom. The van der Waals surface area contributed by atoms with Gasteiger partial charge < -0.3 is 10.1 Å². The summed E-state index contributed by atoms with van der Waals surface area (Å²) in [7, 11) is -1.42. The lowest BCUT2D eigenvalue weighted by molar-refractivity contribution is -0.123. The topological polar surface area (TPSA) is 72.5 Å². The minimum Gasteiger partial charge on any atom is -0.449 e. The number of ether oxygens (including phenoxy) is 1. The summed E-state index contributed by atoms with van der Waals surface area (Å²) in [6.45, 7) is 2.91. The van der Waals surface area contributed by atoms with Gasteiger partial charge in [0.15, 0.2) is 23.6 Å². The molecular weight excluding hydrogens is 383 g/mol. The van der Waals surface area contributed by atoms with Gasteiger partial charge in [-0.3, -0.25) is 9.00 Å². The Bertz CT molecular complexity index is 904. The highest BCUT2D eigenvalue weighted by Crippen LogP contribution is 2.20. The molecule has 0 unspecified atom stereocenters. The average molecular weight is 399 g/mol. The molecule has 0 radical (unpaired) electrons. The quantitative estimate of drug-likeness (QED) is 0.597. The van der Waals surface area contributed by atoms with Crippen LogP contribution in [0.1, 0.15) is 24.2 Å². The molecule has 9 heteroatoms. The molecule has 0 fully saturated rings. The largest absolute Gasteiger partial charge is 0.449 e. The zero-order valence-corrected chi connectivity index (χ0v) is 15.2. The van der Waals surface area contributed by atoms with Gasteiger partial charge in [-0.15, -0.1) is 0 Å².